The van der Waals surface area contributed by atoms with Crippen LogP contribution in [0.25, 0.3) is 0 Å². The highest BCUT2D eigenvalue weighted by Crippen LogP contribution is 2.36. The summed E-state index contributed by atoms with van der Waals surface area (Å²) >= 11 is 1.49. The molecule has 30 heavy (non-hydrogen) atoms. The molecule has 4 rings (SSSR count). The third-order valence-corrected chi connectivity index (χ3v) is 5.96. The van der Waals surface area contributed by atoms with Crippen molar-refractivity contribution < 1.29 is 9.90 Å². The number of aromatic amines is 1. The summed E-state index contributed by atoms with van der Waals surface area (Å²) < 4.78 is 1.10. The van der Waals surface area contributed by atoms with E-state index in [1.807, 2.05) is 47.8 Å². The summed E-state index contributed by atoms with van der Waals surface area (Å²) in [6, 6.07) is 12.6. The van der Waals surface area contributed by atoms with Crippen LogP contribution in [0.4, 0.5) is 0 Å². The maximum Gasteiger partial charge on any atom is 0.331 e. The second-order valence-electron chi connectivity index (χ2n) is 6.90. The summed E-state index contributed by atoms with van der Waals surface area (Å²) in [7, 11) is 0. The average Bonchev–Trinajstić information content (AvgIpc) is 3.41. The maximum atomic E-state index is 12.6. The number of thiophene rings is 1. The second kappa shape index (κ2) is 8.11. The van der Waals surface area contributed by atoms with Crippen molar-refractivity contribution in [3.8, 4) is 5.88 Å². The number of benzene rings is 1. The van der Waals surface area contributed by atoms with Crippen LogP contribution in [0.2, 0.25) is 0 Å². The van der Waals surface area contributed by atoms with E-state index in [2.05, 4.69) is 10.1 Å². The fourth-order valence-electron chi connectivity index (χ4n) is 3.49. The molecule has 2 N–H and O–H groups in total. The highest BCUT2D eigenvalue weighted by Gasteiger charge is 2.35. The molecule has 0 saturated heterocycles. The molecule has 0 unspecified atom stereocenters. The molecule has 0 spiro atoms. The van der Waals surface area contributed by atoms with Gasteiger partial charge in [0.15, 0.2) is 0 Å². The SMILES string of the molecule is CCC(=O)N1N=C(c2c(O)n(Cc3ccccc3)c(=O)[nH]c2=O)C[C@H]1c1cccs1. The van der Waals surface area contributed by atoms with E-state index in [9.17, 15) is 19.5 Å². The molecule has 1 aliphatic rings. The molecule has 1 aromatic carbocycles. The van der Waals surface area contributed by atoms with Crippen LogP contribution in [-0.4, -0.2) is 31.3 Å². The molecular formula is C21H20N4O4S. The van der Waals surface area contributed by atoms with Crippen molar-refractivity contribution in [3.05, 3.63) is 84.7 Å². The zero-order chi connectivity index (χ0) is 21.3. The number of hydrogen-bond donors (Lipinski definition) is 2. The molecule has 3 aromatic rings. The Kier molecular flexibility index (Phi) is 5.37. The average molecular weight is 424 g/mol. The van der Waals surface area contributed by atoms with Crippen LogP contribution in [0.15, 0.2) is 62.5 Å². The minimum Gasteiger partial charge on any atom is -0.494 e. The zero-order valence-electron chi connectivity index (χ0n) is 16.2. The molecule has 9 heteroatoms. The van der Waals surface area contributed by atoms with Crippen molar-refractivity contribution in [2.75, 3.05) is 0 Å². The zero-order valence-corrected chi connectivity index (χ0v) is 17.1. The van der Waals surface area contributed by atoms with Crippen LogP contribution in [0.5, 0.6) is 5.88 Å². The van der Waals surface area contributed by atoms with Gasteiger partial charge in [0.1, 0.15) is 5.56 Å². The number of carbonyl (C=O) groups is 1. The molecular weight excluding hydrogens is 404 g/mol. The predicted octanol–water partition coefficient (Wildman–Crippen LogP) is 2.44. The summed E-state index contributed by atoms with van der Waals surface area (Å²) in [6.45, 7) is 1.83. The largest absolute Gasteiger partial charge is 0.494 e. The van der Waals surface area contributed by atoms with Crippen molar-refractivity contribution in [3.63, 3.8) is 0 Å². The van der Waals surface area contributed by atoms with Crippen LogP contribution >= 0.6 is 11.3 Å². The van der Waals surface area contributed by atoms with Gasteiger partial charge in [-0.1, -0.05) is 43.3 Å². The number of hydrogen-bond acceptors (Lipinski definition) is 6. The van der Waals surface area contributed by atoms with Crippen molar-refractivity contribution in [2.24, 2.45) is 5.10 Å². The number of aromatic nitrogens is 2. The van der Waals surface area contributed by atoms with Crippen molar-refractivity contribution in [1.29, 1.82) is 0 Å². The normalized spacial score (nSPS) is 16.0. The minimum absolute atomic E-state index is 0.0847. The summed E-state index contributed by atoms with van der Waals surface area (Å²) in [6.07, 6.45) is 0.529. The summed E-state index contributed by atoms with van der Waals surface area (Å²) in [5.74, 6) is -0.640. The van der Waals surface area contributed by atoms with Gasteiger partial charge >= 0.3 is 5.69 Å². The lowest BCUT2D eigenvalue weighted by Gasteiger charge is -2.19. The highest BCUT2D eigenvalue weighted by molar-refractivity contribution is 7.10. The molecule has 1 amide bonds. The number of carbonyl (C=O) groups excluding carboxylic acids is 1. The molecule has 2 aromatic heterocycles. The van der Waals surface area contributed by atoms with E-state index in [4.69, 9.17) is 0 Å². The number of nitrogens with one attached hydrogen (secondary N) is 1. The molecule has 154 valence electrons. The Morgan fingerprint density at radius 1 is 1.23 bits per heavy atom. The summed E-state index contributed by atoms with van der Waals surface area (Å²) in [5, 5.41) is 18.5. The van der Waals surface area contributed by atoms with Gasteiger partial charge < -0.3 is 5.11 Å². The summed E-state index contributed by atoms with van der Waals surface area (Å²) in [5.41, 5.74) is -0.453. The van der Waals surface area contributed by atoms with Gasteiger partial charge in [0.2, 0.25) is 11.8 Å². The van der Waals surface area contributed by atoms with E-state index >= 15 is 0 Å². The van der Waals surface area contributed by atoms with Gasteiger partial charge in [-0.3, -0.25) is 19.1 Å². The maximum absolute atomic E-state index is 12.6. The van der Waals surface area contributed by atoms with E-state index in [1.54, 1.807) is 6.92 Å². The Hall–Kier alpha value is -3.46. The fraction of sp³-hybridized carbons (Fsp3) is 0.238. The molecule has 1 atom stereocenters. The first-order valence-corrected chi connectivity index (χ1v) is 10.4. The van der Waals surface area contributed by atoms with Gasteiger partial charge in [0.25, 0.3) is 5.56 Å². The molecule has 1 aliphatic heterocycles. The second-order valence-corrected chi connectivity index (χ2v) is 7.88. The van der Waals surface area contributed by atoms with Crippen molar-refractivity contribution in [2.45, 2.75) is 32.4 Å². The van der Waals surface area contributed by atoms with Crippen molar-refractivity contribution >= 4 is 23.0 Å². The number of rotatable bonds is 5. The molecule has 3 heterocycles. The molecule has 0 saturated carbocycles. The first-order valence-electron chi connectivity index (χ1n) is 9.53. The van der Waals surface area contributed by atoms with E-state index in [0.29, 0.717) is 0 Å². The Labute approximate surface area is 175 Å². The monoisotopic (exact) mass is 424 g/mol. The Morgan fingerprint density at radius 3 is 2.67 bits per heavy atom. The van der Waals surface area contributed by atoms with Gasteiger partial charge in [-0.2, -0.15) is 5.10 Å². The number of hydrazone groups is 1. The van der Waals surface area contributed by atoms with E-state index in [0.717, 1.165) is 15.0 Å². The molecule has 0 bridgehead atoms. The van der Waals surface area contributed by atoms with Crippen LogP contribution < -0.4 is 11.2 Å². The topological polar surface area (TPSA) is 108 Å². The number of nitrogens with zero attached hydrogens (tertiary/aromatic N) is 3. The molecule has 0 aliphatic carbocycles. The molecule has 0 fully saturated rings. The number of H-pyrrole nitrogens is 1. The minimum atomic E-state index is -0.726. The number of aromatic hydroxyl groups is 1. The van der Waals surface area contributed by atoms with E-state index in [-0.39, 0.29) is 42.6 Å². The first-order chi connectivity index (χ1) is 14.5. The van der Waals surface area contributed by atoms with Gasteiger partial charge in [0, 0.05) is 17.7 Å². The van der Waals surface area contributed by atoms with Gasteiger partial charge in [-0.15, -0.1) is 11.3 Å². The van der Waals surface area contributed by atoms with Gasteiger partial charge in [-0.25, -0.2) is 9.80 Å². The van der Waals surface area contributed by atoms with Crippen LogP contribution in [0.1, 0.15) is 41.8 Å². The smallest absolute Gasteiger partial charge is 0.331 e. The van der Waals surface area contributed by atoms with E-state index < -0.39 is 17.1 Å². The Balaban J connectivity index is 1.78. The van der Waals surface area contributed by atoms with Gasteiger partial charge in [0.05, 0.1) is 18.3 Å². The lowest BCUT2D eigenvalue weighted by Crippen LogP contribution is -2.34. The third-order valence-electron chi connectivity index (χ3n) is 4.98. The lowest BCUT2D eigenvalue weighted by atomic mass is 10.0. The van der Waals surface area contributed by atoms with Crippen LogP contribution in [0, 0.1) is 0 Å². The quantitative estimate of drug-likeness (QED) is 0.656. The van der Waals surface area contributed by atoms with Crippen molar-refractivity contribution in [1.82, 2.24) is 14.6 Å². The van der Waals surface area contributed by atoms with Gasteiger partial charge in [-0.05, 0) is 17.0 Å². The third kappa shape index (κ3) is 3.59. The van der Waals surface area contributed by atoms with Crippen LogP contribution in [-0.2, 0) is 11.3 Å². The predicted molar refractivity (Wildman–Crippen MR) is 114 cm³/mol. The van der Waals surface area contributed by atoms with E-state index in [1.165, 1.54) is 16.3 Å². The highest BCUT2D eigenvalue weighted by atomic mass is 32.1. The number of amides is 1. The van der Waals surface area contributed by atoms with Crippen LogP contribution in [0.3, 0.4) is 0 Å². The first kappa shape index (κ1) is 19.8. The Bertz CT molecular complexity index is 1210. The molecule has 8 nitrogen and oxygen atoms in total. The fourth-order valence-corrected chi connectivity index (χ4v) is 4.30. The summed E-state index contributed by atoms with van der Waals surface area (Å²) in [4.78, 5) is 40.6. The lowest BCUT2D eigenvalue weighted by molar-refractivity contribution is -0.132. The molecule has 0 radical (unpaired) electrons. The Morgan fingerprint density at radius 2 is 2.00 bits per heavy atom. The standard InChI is InChI=1S/C21H20N4O4S/c1-2-17(26)25-15(16-9-6-10-30-16)11-14(23-25)18-19(27)22-21(29)24(20(18)28)12-13-7-4-3-5-8-13/h3-10,15,28H,2,11-12H2,1H3,(H,22,27,29)/t15-/m0/s1.